The Bertz CT molecular complexity index is 157. The van der Waals surface area contributed by atoms with Gasteiger partial charge in [0.25, 0.3) is 0 Å². The van der Waals surface area contributed by atoms with Crippen molar-refractivity contribution in [2.75, 3.05) is 52.4 Å². The second-order valence-corrected chi connectivity index (χ2v) is 5.03. The maximum Gasteiger partial charge on any atom is 0.0109 e. The van der Waals surface area contributed by atoms with Gasteiger partial charge in [0.2, 0.25) is 0 Å². The monoisotopic (exact) mass is 242 g/mol. The lowest BCUT2D eigenvalue weighted by Crippen LogP contribution is -2.32. The van der Waals surface area contributed by atoms with Crippen molar-refractivity contribution in [2.24, 2.45) is 11.5 Å². The van der Waals surface area contributed by atoms with Crippen molar-refractivity contribution < 1.29 is 0 Å². The summed E-state index contributed by atoms with van der Waals surface area (Å²) < 4.78 is 0. The number of unbranched alkanes of at least 4 members (excludes halogenated alkanes) is 2. The van der Waals surface area contributed by atoms with Crippen LogP contribution in [0.5, 0.6) is 0 Å². The second kappa shape index (κ2) is 9.83. The average molecular weight is 242 g/mol. The van der Waals surface area contributed by atoms with Crippen LogP contribution in [-0.4, -0.2) is 62.2 Å². The average Bonchev–Trinajstić information content (AvgIpc) is 2.56. The van der Waals surface area contributed by atoms with Gasteiger partial charge in [-0.15, -0.1) is 0 Å². The molecule has 0 amide bonds. The fraction of sp³-hybridized carbons (Fsp3) is 1.00. The van der Waals surface area contributed by atoms with Crippen molar-refractivity contribution in [2.45, 2.75) is 32.1 Å². The van der Waals surface area contributed by atoms with Crippen LogP contribution in [0.2, 0.25) is 0 Å². The standard InChI is InChI=1S/C13H30N4/c14-6-1-3-8-16-10-5-11-17(13-12-16)9-4-2-7-15/h1-15H2. The highest BCUT2D eigenvalue weighted by atomic mass is 15.2. The highest BCUT2D eigenvalue weighted by molar-refractivity contribution is 4.69. The first-order valence-electron chi connectivity index (χ1n) is 7.21. The molecule has 0 atom stereocenters. The molecule has 1 fully saturated rings. The number of hydrogen-bond donors (Lipinski definition) is 2. The fourth-order valence-corrected chi connectivity index (χ4v) is 2.43. The van der Waals surface area contributed by atoms with Gasteiger partial charge in [0.05, 0.1) is 0 Å². The van der Waals surface area contributed by atoms with Crippen molar-refractivity contribution in [3.8, 4) is 0 Å². The van der Waals surface area contributed by atoms with Crippen molar-refractivity contribution in [1.82, 2.24) is 9.80 Å². The molecule has 1 aliphatic heterocycles. The zero-order chi connectivity index (χ0) is 12.3. The molecular weight excluding hydrogens is 212 g/mol. The number of rotatable bonds is 8. The molecule has 0 radical (unpaired) electrons. The molecule has 1 rings (SSSR count). The minimum absolute atomic E-state index is 0.832. The molecule has 0 saturated carbocycles. The first kappa shape index (κ1) is 14.9. The first-order valence-corrected chi connectivity index (χ1v) is 7.21. The first-order chi connectivity index (χ1) is 8.36. The van der Waals surface area contributed by atoms with Gasteiger partial charge in [-0.1, -0.05) is 0 Å². The minimum Gasteiger partial charge on any atom is -0.330 e. The van der Waals surface area contributed by atoms with Gasteiger partial charge >= 0.3 is 0 Å². The summed E-state index contributed by atoms with van der Waals surface area (Å²) in [7, 11) is 0. The Morgan fingerprint density at radius 1 is 0.647 bits per heavy atom. The highest BCUT2D eigenvalue weighted by Crippen LogP contribution is 2.05. The van der Waals surface area contributed by atoms with Crippen LogP contribution >= 0.6 is 0 Å². The van der Waals surface area contributed by atoms with E-state index in [1.54, 1.807) is 0 Å². The van der Waals surface area contributed by atoms with Crippen LogP contribution in [0.3, 0.4) is 0 Å². The van der Waals surface area contributed by atoms with Crippen LogP contribution in [0, 0.1) is 0 Å². The van der Waals surface area contributed by atoms with Crippen molar-refractivity contribution in [1.29, 1.82) is 0 Å². The smallest absolute Gasteiger partial charge is 0.0109 e. The lowest BCUT2D eigenvalue weighted by atomic mass is 10.3. The molecule has 4 N–H and O–H groups in total. The number of nitrogens with zero attached hydrogens (tertiary/aromatic N) is 2. The summed E-state index contributed by atoms with van der Waals surface area (Å²) >= 11 is 0. The Kier molecular flexibility index (Phi) is 8.61. The van der Waals surface area contributed by atoms with Gasteiger partial charge < -0.3 is 21.3 Å². The van der Waals surface area contributed by atoms with Gasteiger partial charge in [-0.3, -0.25) is 0 Å². The minimum atomic E-state index is 0.832. The van der Waals surface area contributed by atoms with E-state index >= 15 is 0 Å². The predicted molar refractivity (Wildman–Crippen MR) is 74.1 cm³/mol. The van der Waals surface area contributed by atoms with Gasteiger partial charge in [0, 0.05) is 13.1 Å². The summed E-state index contributed by atoms with van der Waals surface area (Å²) in [5.41, 5.74) is 11.1. The normalized spacial score (nSPS) is 19.4. The van der Waals surface area contributed by atoms with Gasteiger partial charge in [-0.2, -0.15) is 0 Å². The SMILES string of the molecule is NCCCCN1CCCN(CCCCN)CC1. The summed E-state index contributed by atoms with van der Waals surface area (Å²) in [6.45, 7) is 9.11. The maximum absolute atomic E-state index is 5.53. The molecule has 102 valence electrons. The quantitative estimate of drug-likeness (QED) is 0.608. The Balaban J connectivity index is 2.11. The molecular formula is C13H30N4. The van der Waals surface area contributed by atoms with E-state index in [-0.39, 0.29) is 0 Å². The third kappa shape index (κ3) is 6.99. The summed E-state index contributed by atoms with van der Waals surface area (Å²) in [6.07, 6.45) is 6.14. The van der Waals surface area contributed by atoms with Gasteiger partial charge in [0.1, 0.15) is 0 Å². The Labute approximate surface area is 106 Å². The van der Waals surface area contributed by atoms with Crippen LogP contribution in [0.25, 0.3) is 0 Å². The molecule has 0 aromatic carbocycles. The largest absolute Gasteiger partial charge is 0.330 e. The third-order valence-electron chi connectivity index (χ3n) is 3.54. The zero-order valence-electron chi connectivity index (χ0n) is 11.2. The Morgan fingerprint density at radius 2 is 1.12 bits per heavy atom. The molecule has 0 aromatic heterocycles. The van der Waals surface area contributed by atoms with E-state index < -0.39 is 0 Å². The molecule has 4 nitrogen and oxygen atoms in total. The van der Waals surface area contributed by atoms with E-state index in [0.717, 1.165) is 25.9 Å². The van der Waals surface area contributed by atoms with Gasteiger partial charge in [0.15, 0.2) is 0 Å². The summed E-state index contributed by atoms with van der Waals surface area (Å²) in [5, 5.41) is 0. The van der Waals surface area contributed by atoms with Gasteiger partial charge in [-0.05, 0) is 71.4 Å². The summed E-state index contributed by atoms with van der Waals surface area (Å²) in [6, 6.07) is 0. The summed E-state index contributed by atoms with van der Waals surface area (Å²) in [4.78, 5) is 5.19. The molecule has 1 heterocycles. The molecule has 0 aromatic rings. The fourth-order valence-electron chi connectivity index (χ4n) is 2.43. The van der Waals surface area contributed by atoms with Crippen molar-refractivity contribution in [3.05, 3.63) is 0 Å². The zero-order valence-corrected chi connectivity index (χ0v) is 11.2. The van der Waals surface area contributed by atoms with Gasteiger partial charge in [-0.25, -0.2) is 0 Å². The third-order valence-corrected chi connectivity index (χ3v) is 3.54. The van der Waals surface area contributed by atoms with Crippen LogP contribution in [0.1, 0.15) is 32.1 Å². The molecule has 4 heteroatoms. The van der Waals surface area contributed by atoms with Crippen molar-refractivity contribution >= 4 is 0 Å². The lowest BCUT2D eigenvalue weighted by Gasteiger charge is -2.21. The second-order valence-electron chi connectivity index (χ2n) is 5.03. The van der Waals surface area contributed by atoms with E-state index in [9.17, 15) is 0 Å². The number of nitrogens with two attached hydrogens (primary N) is 2. The molecule has 1 aliphatic rings. The highest BCUT2D eigenvalue weighted by Gasteiger charge is 2.13. The van der Waals surface area contributed by atoms with Crippen LogP contribution in [0.15, 0.2) is 0 Å². The van der Waals surface area contributed by atoms with E-state index in [1.807, 2.05) is 0 Å². The Hall–Kier alpha value is -0.160. The van der Waals surface area contributed by atoms with E-state index in [2.05, 4.69) is 9.80 Å². The van der Waals surface area contributed by atoms with E-state index in [4.69, 9.17) is 11.5 Å². The molecule has 1 saturated heterocycles. The van der Waals surface area contributed by atoms with E-state index in [0.29, 0.717) is 0 Å². The molecule has 0 spiro atoms. The molecule has 0 bridgehead atoms. The lowest BCUT2D eigenvalue weighted by molar-refractivity contribution is 0.251. The summed E-state index contributed by atoms with van der Waals surface area (Å²) in [5.74, 6) is 0. The topological polar surface area (TPSA) is 58.5 Å². The number of hydrogen-bond acceptors (Lipinski definition) is 4. The van der Waals surface area contributed by atoms with Crippen molar-refractivity contribution in [3.63, 3.8) is 0 Å². The molecule has 17 heavy (non-hydrogen) atoms. The van der Waals surface area contributed by atoms with Crippen LogP contribution < -0.4 is 11.5 Å². The molecule has 0 aliphatic carbocycles. The van der Waals surface area contributed by atoms with Crippen LogP contribution in [0.4, 0.5) is 0 Å². The predicted octanol–water partition coefficient (Wildman–Crippen LogP) is 0.472. The Morgan fingerprint density at radius 3 is 1.53 bits per heavy atom. The van der Waals surface area contributed by atoms with Crippen LogP contribution in [-0.2, 0) is 0 Å². The van der Waals surface area contributed by atoms with E-state index in [1.165, 1.54) is 58.5 Å². The maximum atomic E-state index is 5.53. The molecule has 0 unspecified atom stereocenters.